The Bertz CT molecular complexity index is 215. The molecule has 3 heteroatoms. The van der Waals surface area contributed by atoms with Crippen LogP contribution in [0.2, 0.25) is 0 Å². The smallest absolute Gasteiger partial charge is 0.0492 e. The average molecular weight is 153 g/mol. The molecule has 0 amide bonds. The molecular formula is C8H15N3. The van der Waals surface area contributed by atoms with Crippen molar-refractivity contribution in [1.29, 1.82) is 0 Å². The van der Waals surface area contributed by atoms with Crippen LogP contribution >= 0.6 is 0 Å². The van der Waals surface area contributed by atoms with Gasteiger partial charge in [-0.15, -0.1) is 0 Å². The SMILES string of the molecule is C[C@H](N)CCc1ccnn1C. The highest BCUT2D eigenvalue weighted by molar-refractivity contribution is 4.99. The number of nitrogens with two attached hydrogens (primary N) is 1. The maximum absolute atomic E-state index is 5.63. The molecule has 0 unspecified atom stereocenters. The molecule has 1 aromatic heterocycles. The first-order valence-electron chi connectivity index (χ1n) is 3.92. The standard InChI is InChI=1S/C8H15N3/c1-7(9)3-4-8-5-6-10-11(8)2/h5-7H,3-4,9H2,1-2H3/t7-/m0/s1. The van der Waals surface area contributed by atoms with E-state index >= 15 is 0 Å². The Kier molecular flexibility index (Phi) is 2.65. The Balaban J connectivity index is 2.44. The molecular weight excluding hydrogens is 138 g/mol. The molecule has 0 spiro atoms. The van der Waals surface area contributed by atoms with Gasteiger partial charge in [-0.1, -0.05) is 0 Å². The summed E-state index contributed by atoms with van der Waals surface area (Å²) in [7, 11) is 1.95. The molecule has 1 heterocycles. The molecule has 1 atom stereocenters. The molecule has 0 fully saturated rings. The zero-order valence-electron chi connectivity index (χ0n) is 7.12. The molecule has 1 aromatic rings. The highest BCUT2D eigenvalue weighted by Gasteiger charge is 1.99. The quantitative estimate of drug-likeness (QED) is 0.694. The highest BCUT2D eigenvalue weighted by Crippen LogP contribution is 2.01. The van der Waals surface area contributed by atoms with Crippen molar-refractivity contribution in [3.8, 4) is 0 Å². The second-order valence-electron chi connectivity index (χ2n) is 2.96. The lowest BCUT2D eigenvalue weighted by Crippen LogP contribution is -2.16. The minimum Gasteiger partial charge on any atom is -0.328 e. The van der Waals surface area contributed by atoms with Gasteiger partial charge in [-0.3, -0.25) is 4.68 Å². The highest BCUT2D eigenvalue weighted by atomic mass is 15.2. The van der Waals surface area contributed by atoms with E-state index in [-0.39, 0.29) is 6.04 Å². The third kappa shape index (κ3) is 2.35. The normalized spacial score (nSPS) is 13.4. The van der Waals surface area contributed by atoms with E-state index in [9.17, 15) is 0 Å². The van der Waals surface area contributed by atoms with E-state index < -0.39 is 0 Å². The molecule has 0 saturated carbocycles. The third-order valence-electron chi connectivity index (χ3n) is 1.78. The van der Waals surface area contributed by atoms with E-state index in [2.05, 4.69) is 5.10 Å². The van der Waals surface area contributed by atoms with Crippen molar-refractivity contribution in [3.63, 3.8) is 0 Å². The van der Waals surface area contributed by atoms with Gasteiger partial charge in [-0.05, 0) is 25.8 Å². The van der Waals surface area contributed by atoms with Gasteiger partial charge in [0.05, 0.1) is 0 Å². The third-order valence-corrected chi connectivity index (χ3v) is 1.78. The van der Waals surface area contributed by atoms with Gasteiger partial charge in [0.15, 0.2) is 0 Å². The first-order valence-corrected chi connectivity index (χ1v) is 3.92. The van der Waals surface area contributed by atoms with Crippen molar-refractivity contribution < 1.29 is 0 Å². The Morgan fingerprint density at radius 1 is 1.73 bits per heavy atom. The molecule has 11 heavy (non-hydrogen) atoms. The van der Waals surface area contributed by atoms with Crippen molar-refractivity contribution in [3.05, 3.63) is 18.0 Å². The number of aryl methyl sites for hydroxylation is 2. The number of hydrogen-bond acceptors (Lipinski definition) is 2. The van der Waals surface area contributed by atoms with E-state index in [1.165, 1.54) is 5.69 Å². The maximum Gasteiger partial charge on any atom is 0.0492 e. The zero-order valence-corrected chi connectivity index (χ0v) is 7.12. The second kappa shape index (κ2) is 3.53. The molecule has 3 nitrogen and oxygen atoms in total. The Morgan fingerprint density at radius 3 is 2.91 bits per heavy atom. The van der Waals surface area contributed by atoms with Crippen molar-refractivity contribution in [2.75, 3.05) is 0 Å². The van der Waals surface area contributed by atoms with Crippen LogP contribution in [0.4, 0.5) is 0 Å². The number of rotatable bonds is 3. The van der Waals surface area contributed by atoms with Gasteiger partial charge in [0, 0.05) is 25.0 Å². The Hall–Kier alpha value is -0.830. The summed E-state index contributed by atoms with van der Waals surface area (Å²) in [5, 5.41) is 4.07. The van der Waals surface area contributed by atoms with Gasteiger partial charge in [0.2, 0.25) is 0 Å². The van der Waals surface area contributed by atoms with Crippen LogP contribution in [0, 0.1) is 0 Å². The first kappa shape index (κ1) is 8.27. The molecule has 2 N–H and O–H groups in total. The van der Waals surface area contributed by atoms with Crippen molar-refractivity contribution >= 4 is 0 Å². The van der Waals surface area contributed by atoms with Crippen molar-refractivity contribution in [2.45, 2.75) is 25.8 Å². The lowest BCUT2D eigenvalue weighted by Gasteiger charge is -2.04. The fraction of sp³-hybridized carbons (Fsp3) is 0.625. The van der Waals surface area contributed by atoms with Gasteiger partial charge in [0.1, 0.15) is 0 Å². The van der Waals surface area contributed by atoms with Crippen LogP contribution in [-0.4, -0.2) is 15.8 Å². The van der Waals surface area contributed by atoms with Gasteiger partial charge in [0.25, 0.3) is 0 Å². The van der Waals surface area contributed by atoms with Gasteiger partial charge < -0.3 is 5.73 Å². The summed E-state index contributed by atoms with van der Waals surface area (Å²) in [5.41, 5.74) is 6.88. The lowest BCUT2D eigenvalue weighted by atomic mass is 10.1. The molecule has 0 aliphatic rings. The van der Waals surface area contributed by atoms with Gasteiger partial charge in [-0.2, -0.15) is 5.10 Å². The fourth-order valence-corrected chi connectivity index (χ4v) is 1.02. The second-order valence-corrected chi connectivity index (χ2v) is 2.96. The van der Waals surface area contributed by atoms with E-state index in [4.69, 9.17) is 5.73 Å². The van der Waals surface area contributed by atoms with Crippen molar-refractivity contribution in [2.24, 2.45) is 12.8 Å². The zero-order chi connectivity index (χ0) is 8.27. The topological polar surface area (TPSA) is 43.8 Å². The maximum atomic E-state index is 5.63. The summed E-state index contributed by atoms with van der Waals surface area (Å²) in [5.74, 6) is 0. The Morgan fingerprint density at radius 2 is 2.45 bits per heavy atom. The molecule has 0 aliphatic carbocycles. The summed E-state index contributed by atoms with van der Waals surface area (Å²) >= 11 is 0. The van der Waals surface area contributed by atoms with E-state index in [0.717, 1.165) is 12.8 Å². The van der Waals surface area contributed by atoms with Gasteiger partial charge >= 0.3 is 0 Å². The van der Waals surface area contributed by atoms with Crippen LogP contribution in [0.25, 0.3) is 0 Å². The summed E-state index contributed by atoms with van der Waals surface area (Å²) in [4.78, 5) is 0. The van der Waals surface area contributed by atoms with Crippen LogP contribution in [0.15, 0.2) is 12.3 Å². The Labute approximate surface area is 67.2 Å². The summed E-state index contributed by atoms with van der Waals surface area (Å²) in [6.45, 7) is 2.02. The van der Waals surface area contributed by atoms with Crippen LogP contribution < -0.4 is 5.73 Å². The monoisotopic (exact) mass is 153 g/mol. The van der Waals surface area contributed by atoms with Crippen LogP contribution in [0.5, 0.6) is 0 Å². The van der Waals surface area contributed by atoms with Crippen LogP contribution in [-0.2, 0) is 13.5 Å². The first-order chi connectivity index (χ1) is 5.20. The van der Waals surface area contributed by atoms with Gasteiger partial charge in [-0.25, -0.2) is 0 Å². The number of hydrogen-bond donors (Lipinski definition) is 1. The molecule has 1 rings (SSSR count). The van der Waals surface area contributed by atoms with Crippen LogP contribution in [0.3, 0.4) is 0 Å². The molecule has 0 radical (unpaired) electrons. The number of aromatic nitrogens is 2. The lowest BCUT2D eigenvalue weighted by molar-refractivity contribution is 0.624. The molecule has 62 valence electrons. The summed E-state index contributed by atoms with van der Waals surface area (Å²) < 4.78 is 1.89. The molecule has 0 saturated heterocycles. The molecule has 0 aliphatic heterocycles. The van der Waals surface area contributed by atoms with Crippen LogP contribution in [0.1, 0.15) is 19.0 Å². The molecule has 0 bridgehead atoms. The minimum atomic E-state index is 0.282. The summed E-state index contributed by atoms with van der Waals surface area (Å²) in [6.07, 6.45) is 3.87. The minimum absolute atomic E-state index is 0.282. The van der Waals surface area contributed by atoms with E-state index in [0.29, 0.717) is 0 Å². The fourth-order valence-electron chi connectivity index (χ4n) is 1.02. The average Bonchev–Trinajstić information content (AvgIpc) is 2.31. The largest absolute Gasteiger partial charge is 0.328 e. The van der Waals surface area contributed by atoms with E-state index in [1.54, 1.807) is 0 Å². The summed E-state index contributed by atoms with van der Waals surface area (Å²) in [6, 6.07) is 2.31. The number of nitrogens with zero attached hydrogens (tertiary/aromatic N) is 2. The molecule has 0 aromatic carbocycles. The predicted octanol–water partition coefficient (Wildman–Crippen LogP) is 0.700. The van der Waals surface area contributed by atoms with E-state index in [1.807, 2.05) is 30.9 Å². The van der Waals surface area contributed by atoms with Crippen molar-refractivity contribution in [1.82, 2.24) is 9.78 Å². The predicted molar refractivity (Wildman–Crippen MR) is 45.2 cm³/mol.